The van der Waals surface area contributed by atoms with Crippen LogP contribution < -0.4 is 14.4 Å². The topological polar surface area (TPSA) is 96.0 Å². The van der Waals surface area contributed by atoms with Gasteiger partial charge in [0, 0.05) is 28.7 Å². The Labute approximate surface area is 252 Å². The number of unbranched alkanes of at least 4 members (excludes halogenated alkanes) is 1. The van der Waals surface area contributed by atoms with Crippen LogP contribution in [-0.4, -0.2) is 51.4 Å². The number of carbonyl (C=O) groups excluding carboxylic acids is 2. The summed E-state index contributed by atoms with van der Waals surface area (Å²) < 4.78 is 34.5. The average Bonchev–Trinajstić information content (AvgIpc) is 2.95. The molecule has 0 aliphatic carbocycles. The number of nitrogens with zero attached hydrogens (tertiary/aromatic N) is 2. The number of ether oxygens (including phenoxy) is 1. The van der Waals surface area contributed by atoms with Crippen molar-refractivity contribution in [2.24, 2.45) is 0 Å². The molecule has 0 heterocycles. The second-order valence-corrected chi connectivity index (χ2v) is 12.2. The fourth-order valence-electron chi connectivity index (χ4n) is 4.20. The molecule has 1 unspecified atom stereocenters. The number of carbonyl (C=O) groups is 2. The normalized spacial score (nSPS) is 12.0. The van der Waals surface area contributed by atoms with Crippen molar-refractivity contribution in [3.8, 4) is 5.75 Å². The molecular formula is C30H35Cl2N3O5S. The molecule has 0 spiro atoms. The monoisotopic (exact) mass is 619 g/mol. The summed E-state index contributed by atoms with van der Waals surface area (Å²) in [4.78, 5) is 28.5. The van der Waals surface area contributed by atoms with Gasteiger partial charge in [-0.3, -0.25) is 13.9 Å². The Morgan fingerprint density at radius 1 is 1.00 bits per heavy atom. The molecule has 0 aliphatic heterocycles. The minimum absolute atomic E-state index is 0.00224. The molecular weight excluding hydrogens is 585 g/mol. The van der Waals surface area contributed by atoms with E-state index >= 15 is 0 Å². The van der Waals surface area contributed by atoms with Crippen LogP contribution in [0.1, 0.15) is 37.8 Å². The zero-order valence-electron chi connectivity index (χ0n) is 23.6. The molecule has 0 saturated carbocycles. The summed E-state index contributed by atoms with van der Waals surface area (Å²) in [5.41, 5.74) is 1.41. The van der Waals surface area contributed by atoms with E-state index in [0.29, 0.717) is 22.2 Å². The number of hydrogen-bond donors (Lipinski definition) is 1. The Morgan fingerprint density at radius 3 is 2.27 bits per heavy atom. The first-order valence-electron chi connectivity index (χ1n) is 13.2. The number of halogens is 2. The molecule has 0 bridgehead atoms. The fraction of sp³-hybridized carbons (Fsp3) is 0.333. The molecule has 0 radical (unpaired) electrons. The Balaban J connectivity index is 2.10. The maximum absolute atomic E-state index is 14.1. The van der Waals surface area contributed by atoms with E-state index in [0.717, 1.165) is 22.7 Å². The van der Waals surface area contributed by atoms with Gasteiger partial charge in [-0.2, -0.15) is 0 Å². The molecule has 1 atom stereocenters. The first kappa shape index (κ1) is 32.2. The minimum atomic E-state index is -4.23. The number of hydrogen-bond acceptors (Lipinski definition) is 5. The first-order valence-corrected chi connectivity index (χ1v) is 15.4. The van der Waals surface area contributed by atoms with E-state index < -0.39 is 28.5 Å². The van der Waals surface area contributed by atoms with Crippen LogP contribution in [0.2, 0.25) is 10.0 Å². The van der Waals surface area contributed by atoms with Crippen LogP contribution in [0.15, 0.2) is 71.6 Å². The summed E-state index contributed by atoms with van der Waals surface area (Å²) >= 11 is 12.9. The van der Waals surface area contributed by atoms with E-state index in [1.807, 2.05) is 13.8 Å². The molecule has 11 heteroatoms. The van der Waals surface area contributed by atoms with Crippen LogP contribution in [0, 0.1) is 6.92 Å². The van der Waals surface area contributed by atoms with Gasteiger partial charge < -0.3 is 15.0 Å². The Kier molecular flexibility index (Phi) is 11.5. The standard InChI is InChI=1S/C30H35Cl2N3O5S/c1-5-6-17-33-30(37)22(3)34(19-24-25(31)13-10-14-26(24)32)29(36)20-35(27-18-21(2)15-16-28(27)40-4)41(38,39)23-11-8-7-9-12-23/h7-16,18,22H,5-6,17,19-20H2,1-4H3,(H,33,37). The van der Waals surface area contributed by atoms with Crippen molar-refractivity contribution in [3.63, 3.8) is 0 Å². The Bertz CT molecular complexity index is 1450. The van der Waals surface area contributed by atoms with Crippen molar-refractivity contribution in [1.82, 2.24) is 10.2 Å². The van der Waals surface area contributed by atoms with Crippen molar-refractivity contribution >= 4 is 50.7 Å². The van der Waals surface area contributed by atoms with E-state index in [4.69, 9.17) is 27.9 Å². The van der Waals surface area contributed by atoms with Crippen LogP contribution in [-0.2, 0) is 26.2 Å². The lowest BCUT2D eigenvalue weighted by Gasteiger charge is -2.32. The zero-order chi connectivity index (χ0) is 30.2. The van der Waals surface area contributed by atoms with Crippen LogP contribution in [0.3, 0.4) is 0 Å². The lowest BCUT2D eigenvalue weighted by molar-refractivity contribution is -0.139. The lowest BCUT2D eigenvalue weighted by atomic mass is 10.1. The third-order valence-corrected chi connectivity index (χ3v) is 9.08. The summed E-state index contributed by atoms with van der Waals surface area (Å²) in [6, 6.07) is 16.9. The van der Waals surface area contributed by atoms with Crippen LogP contribution in [0.4, 0.5) is 5.69 Å². The van der Waals surface area contributed by atoms with Crippen molar-refractivity contribution < 1.29 is 22.7 Å². The van der Waals surface area contributed by atoms with Gasteiger partial charge in [-0.25, -0.2) is 8.42 Å². The highest BCUT2D eigenvalue weighted by Crippen LogP contribution is 2.34. The smallest absolute Gasteiger partial charge is 0.264 e. The third kappa shape index (κ3) is 7.93. The summed E-state index contributed by atoms with van der Waals surface area (Å²) in [5, 5.41) is 3.49. The number of benzene rings is 3. The largest absolute Gasteiger partial charge is 0.495 e. The molecule has 3 aromatic carbocycles. The molecule has 2 amide bonds. The number of aryl methyl sites for hydroxylation is 1. The van der Waals surface area contributed by atoms with Gasteiger partial charge in [0.15, 0.2) is 0 Å². The molecule has 0 aromatic heterocycles. The highest BCUT2D eigenvalue weighted by atomic mass is 35.5. The highest BCUT2D eigenvalue weighted by Gasteiger charge is 2.34. The summed E-state index contributed by atoms with van der Waals surface area (Å²) in [6.07, 6.45) is 1.66. The second-order valence-electron chi connectivity index (χ2n) is 9.54. The number of rotatable bonds is 13. The van der Waals surface area contributed by atoms with E-state index in [9.17, 15) is 18.0 Å². The zero-order valence-corrected chi connectivity index (χ0v) is 25.9. The Morgan fingerprint density at radius 2 is 1.66 bits per heavy atom. The van der Waals surface area contributed by atoms with E-state index in [-0.39, 0.29) is 28.8 Å². The predicted molar refractivity (Wildman–Crippen MR) is 163 cm³/mol. The highest BCUT2D eigenvalue weighted by molar-refractivity contribution is 7.92. The van der Waals surface area contributed by atoms with Gasteiger partial charge in [0.2, 0.25) is 11.8 Å². The number of anilines is 1. The second kappa shape index (κ2) is 14.6. The predicted octanol–water partition coefficient (Wildman–Crippen LogP) is 5.84. The van der Waals surface area contributed by atoms with Crippen molar-refractivity contribution in [1.29, 1.82) is 0 Å². The lowest BCUT2D eigenvalue weighted by Crippen LogP contribution is -2.51. The molecule has 0 saturated heterocycles. The van der Waals surface area contributed by atoms with Gasteiger partial charge in [-0.15, -0.1) is 0 Å². The maximum atomic E-state index is 14.1. The number of sulfonamides is 1. The molecule has 1 N–H and O–H groups in total. The van der Waals surface area contributed by atoms with Gasteiger partial charge >= 0.3 is 0 Å². The minimum Gasteiger partial charge on any atom is -0.495 e. The fourth-order valence-corrected chi connectivity index (χ4v) is 6.15. The molecule has 220 valence electrons. The SMILES string of the molecule is CCCCNC(=O)C(C)N(Cc1c(Cl)cccc1Cl)C(=O)CN(c1cc(C)ccc1OC)S(=O)(=O)c1ccccc1. The molecule has 8 nitrogen and oxygen atoms in total. The van der Waals surface area contributed by atoms with Crippen LogP contribution in [0.25, 0.3) is 0 Å². The quantitative estimate of drug-likeness (QED) is 0.243. The van der Waals surface area contributed by atoms with Gasteiger partial charge in [0.05, 0.1) is 17.7 Å². The van der Waals surface area contributed by atoms with Crippen molar-refractivity contribution in [3.05, 3.63) is 87.9 Å². The third-order valence-electron chi connectivity index (χ3n) is 6.60. The van der Waals surface area contributed by atoms with Gasteiger partial charge in [0.1, 0.15) is 18.3 Å². The van der Waals surface area contributed by atoms with Crippen LogP contribution >= 0.6 is 23.2 Å². The molecule has 0 fully saturated rings. The van der Waals surface area contributed by atoms with Crippen molar-refractivity contribution in [2.45, 2.75) is 51.1 Å². The molecule has 3 aromatic rings. The summed E-state index contributed by atoms with van der Waals surface area (Å²) in [5.74, 6) is -0.725. The first-order chi connectivity index (χ1) is 19.5. The summed E-state index contributed by atoms with van der Waals surface area (Å²) in [7, 11) is -2.80. The van der Waals surface area contributed by atoms with Crippen molar-refractivity contribution in [2.75, 3.05) is 24.5 Å². The number of amides is 2. The number of nitrogens with one attached hydrogen (secondary N) is 1. The average molecular weight is 621 g/mol. The summed E-state index contributed by atoms with van der Waals surface area (Å²) in [6.45, 7) is 5.14. The number of methoxy groups -OCH3 is 1. The molecule has 3 rings (SSSR count). The molecule has 41 heavy (non-hydrogen) atoms. The molecule has 0 aliphatic rings. The van der Waals surface area contributed by atoms with Gasteiger partial charge in [-0.05, 0) is 62.2 Å². The van der Waals surface area contributed by atoms with E-state index in [1.54, 1.807) is 61.5 Å². The van der Waals surface area contributed by atoms with E-state index in [2.05, 4.69) is 5.32 Å². The Hall–Kier alpha value is -3.27. The van der Waals surface area contributed by atoms with Gasteiger partial charge in [0.25, 0.3) is 10.0 Å². The van der Waals surface area contributed by atoms with Gasteiger partial charge in [-0.1, -0.05) is 66.9 Å². The van der Waals surface area contributed by atoms with E-state index in [1.165, 1.54) is 24.1 Å². The van der Waals surface area contributed by atoms with Crippen LogP contribution in [0.5, 0.6) is 5.75 Å². The maximum Gasteiger partial charge on any atom is 0.264 e.